The topological polar surface area (TPSA) is 25.8 Å². The third kappa shape index (κ3) is 4.75. The van der Waals surface area contributed by atoms with Crippen LogP contribution in [0.1, 0.15) is 58.7 Å². The molecule has 0 saturated heterocycles. The fourth-order valence-corrected chi connectivity index (χ4v) is 4.91. The van der Waals surface area contributed by atoms with Crippen molar-refractivity contribution in [1.82, 2.24) is 9.97 Å². The summed E-state index contributed by atoms with van der Waals surface area (Å²) in [6, 6.07) is 17.8. The molecule has 0 aliphatic rings. The third-order valence-electron chi connectivity index (χ3n) is 6.25. The number of aromatic nitrogens is 2. The van der Waals surface area contributed by atoms with Gasteiger partial charge in [0, 0.05) is 16.7 Å². The van der Waals surface area contributed by atoms with Crippen molar-refractivity contribution in [3.63, 3.8) is 0 Å². The highest BCUT2D eigenvalue weighted by atomic mass is 14.8. The Morgan fingerprint density at radius 1 is 0.576 bits per heavy atom. The summed E-state index contributed by atoms with van der Waals surface area (Å²) in [5, 5.41) is 0. The molecule has 0 aliphatic heterocycles. The molecule has 0 fully saturated rings. The summed E-state index contributed by atoms with van der Waals surface area (Å²) < 4.78 is 0. The molecule has 0 saturated carbocycles. The van der Waals surface area contributed by atoms with E-state index in [0.29, 0.717) is 5.92 Å². The van der Waals surface area contributed by atoms with Gasteiger partial charge in [-0.25, -0.2) is 4.98 Å². The number of benzene rings is 3. The SMILES string of the molecule is Cc1cc(C)cc(-c2ncc(-c3cc(C)cc(C(C)C)c3C)nc2-c2cc(C)cc(C)c2)c1. The van der Waals surface area contributed by atoms with Crippen LogP contribution in [0.4, 0.5) is 0 Å². The Morgan fingerprint density at radius 2 is 1.06 bits per heavy atom. The fraction of sp³-hybridized carbons (Fsp3) is 0.290. The van der Waals surface area contributed by atoms with Crippen LogP contribution in [0.2, 0.25) is 0 Å². The van der Waals surface area contributed by atoms with Gasteiger partial charge in [-0.1, -0.05) is 59.9 Å². The van der Waals surface area contributed by atoms with E-state index in [2.05, 4.69) is 104 Å². The molecule has 168 valence electrons. The molecule has 0 spiro atoms. The van der Waals surface area contributed by atoms with Crippen molar-refractivity contribution in [2.75, 3.05) is 0 Å². The van der Waals surface area contributed by atoms with Crippen molar-refractivity contribution in [2.24, 2.45) is 0 Å². The van der Waals surface area contributed by atoms with Gasteiger partial charge in [-0.3, -0.25) is 4.98 Å². The molecule has 4 rings (SSSR count). The highest BCUT2D eigenvalue weighted by molar-refractivity contribution is 5.81. The van der Waals surface area contributed by atoms with E-state index < -0.39 is 0 Å². The van der Waals surface area contributed by atoms with Crippen molar-refractivity contribution < 1.29 is 0 Å². The normalized spacial score (nSPS) is 11.3. The van der Waals surface area contributed by atoms with Crippen LogP contribution < -0.4 is 0 Å². The maximum absolute atomic E-state index is 5.27. The van der Waals surface area contributed by atoms with Gasteiger partial charge in [0.2, 0.25) is 0 Å². The lowest BCUT2D eigenvalue weighted by atomic mass is 9.91. The zero-order chi connectivity index (χ0) is 23.9. The Bertz CT molecular complexity index is 1310. The van der Waals surface area contributed by atoms with E-state index in [0.717, 1.165) is 28.2 Å². The molecule has 4 aromatic rings. The van der Waals surface area contributed by atoms with Crippen LogP contribution in [-0.2, 0) is 0 Å². The molecule has 0 amide bonds. The van der Waals surface area contributed by atoms with E-state index in [1.807, 2.05) is 6.20 Å². The monoisotopic (exact) mass is 434 g/mol. The van der Waals surface area contributed by atoms with E-state index in [9.17, 15) is 0 Å². The molecule has 2 heteroatoms. The lowest BCUT2D eigenvalue weighted by Crippen LogP contribution is -2.01. The number of aryl methyl sites for hydroxylation is 5. The second-order valence-electron chi connectivity index (χ2n) is 9.89. The highest BCUT2D eigenvalue weighted by Crippen LogP contribution is 2.35. The second-order valence-corrected chi connectivity index (χ2v) is 9.89. The van der Waals surface area contributed by atoms with Crippen LogP contribution in [0, 0.1) is 41.5 Å². The molecular formula is C31H34N2. The molecule has 0 bridgehead atoms. The minimum Gasteiger partial charge on any atom is -0.252 e. The Labute approximate surface area is 198 Å². The molecule has 2 nitrogen and oxygen atoms in total. The smallest absolute Gasteiger partial charge is 0.0972 e. The van der Waals surface area contributed by atoms with Crippen LogP contribution in [-0.4, -0.2) is 9.97 Å². The molecule has 33 heavy (non-hydrogen) atoms. The zero-order valence-corrected chi connectivity index (χ0v) is 21.2. The van der Waals surface area contributed by atoms with E-state index in [1.165, 1.54) is 44.5 Å². The van der Waals surface area contributed by atoms with Crippen molar-refractivity contribution in [3.05, 3.63) is 93.7 Å². The number of hydrogen-bond donors (Lipinski definition) is 0. The first-order valence-corrected chi connectivity index (χ1v) is 11.8. The summed E-state index contributed by atoms with van der Waals surface area (Å²) in [4.78, 5) is 10.3. The molecular weight excluding hydrogens is 400 g/mol. The summed E-state index contributed by atoms with van der Waals surface area (Å²) in [6.07, 6.45) is 1.95. The van der Waals surface area contributed by atoms with Gasteiger partial charge in [-0.05, 0) is 88.9 Å². The number of hydrogen-bond acceptors (Lipinski definition) is 2. The average Bonchev–Trinajstić information content (AvgIpc) is 2.73. The van der Waals surface area contributed by atoms with E-state index in [1.54, 1.807) is 0 Å². The predicted octanol–water partition coefficient (Wildman–Crippen LogP) is 8.45. The standard InChI is InChI=1S/C31H34N2/c1-18(2)27-15-23(7)16-28(24(27)8)29-17-32-30(25-11-19(3)9-20(4)12-25)31(33-29)26-13-21(5)10-22(6)14-26/h9-18H,1-8H3. The molecule has 0 radical (unpaired) electrons. The maximum atomic E-state index is 5.27. The van der Waals surface area contributed by atoms with Crippen molar-refractivity contribution in [2.45, 2.75) is 61.3 Å². The van der Waals surface area contributed by atoms with Gasteiger partial charge in [0.15, 0.2) is 0 Å². The van der Waals surface area contributed by atoms with Crippen LogP contribution in [0.25, 0.3) is 33.8 Å². The zero-order valence-electron chi connectivity index (χ0n) is 21.2. The van der Waals surface area contributed by atoms with E-state index in [4.69, 9.17) is 9.97 Å². The van der Waals surface area contributed by atoms with Gasteiger partial charge in [0.25, 0.3) is 0 Å². The molecule has 0 unspecified atom stereocenters. The summed E-state index contributed by atoms with van der Waals surface area (Å²) in [5.74, 6) is 0.463. The highest BCUT2D eigenvalue weighted by Gasteiger charge is 2.17. The molecule has 1 heterocycles. The molecule has 3 aromatic carbocycles. The van der Waals surface area contributed by atoms with Crippen molar-refractivity contribution in [1.29, 1.82) is 0 Å². The van der Waals surface area contributed by atoms with Crippen LogP contribution in [0.3, 0.4) is 0 Å². The lowest BCUT2D eigenvalue weighted by Gasteiger charge is -2.17. The van der Waals surface area contributed by atoms with Gasteiger partial charge in [0.05, 0.1) is 23.3 Å². The van der Waals surface area contributed by atoms with Gasteiger partial charge < -0.3 is 0 Å². The average molecular weight is 435 g/mol. The molecule has 0 atom stereocenters. The summed E-state index contributed by atoms with van der Waals surface area (Å²) in [5.41, 5.74) is 15.1. The first-order chi connectivity index (χ1) is 15.6. The summed E-state index contributed by atoms with van der Waals surface area (Å²) >= 11 is 0. The fourth-order valence-electron chi connectivity index (χ4n) is 4.91. The van der Waals surface area contributed by atoms with Gasteiger partial charge >= 0.3 is 0 Å². The minimum atomic E-state index is 0.463. The van der Waals surface area contributed by atoms with Gasteiger partial charge in [-0.15, -0.1) is 0 Å². The predicted molar refractivity (Wildman–Crippen MR) is 141 cm³/mol. The first kappa shape index (κ1) is 22.9. The quantitative estimate of drug-likeness (QED) is 0.322. The Morgan fingerprint density at radius 3 is 1.58 bits per heavy atom. The molecule has 1 aromatic heterocycles. The Kier molecular flexibility index (Phi) is 6.21. The number of nitrogens with zero attached hydrogens (tertiary/aromatic N) is 2. The lowest BCUT2D eigenvalue weighted by molar-refractivity contribution is 0.855. The second kappa shape index (κ2) is 8.94. The van der Waals surface area contributed by atoms with E-state index in [-0.39, 0.29) is 0 Å². The summed E-state index contributed by atoms with van der Waals surface area (Å²) in [7, 11) is 0. The van der Waals surface area contributed by atoms with E-state index >= 15 is 0 Å². The first-order valence-electron chi connectivity index (χ1n) is 11.8. The van der Waals surface area contributed by atoms with Crippen LogP contribution in [0.5, 0.6) is 0 Å². The third-order valence-corrected chi connectivity index (χ3v) is 6.25. The Balaban J connectivity index is 2.01. The number of rotatable bonds is 4. The van der Waals surface area contributed by atoms with Crippen LogP contribution >= 0.6 is 0 Å². The largest absolute Gasteiger partial charge is 0.252 e. The molecule has 0 N–H and O–H groups in total. The maximum Gasteiger partial charge on any atom is 0.0972 e. The van der Waals surface area contributed by atoms with Crippen molar-refractivity contribution >= 4 is 0 Å². The van der Waals surface area contributed by atoms with Gasteiger partial charge in [-0.2, -0.15) is 0 Å². The Hall–Kier alpha value is -3.26. The van der Waals surface area contributed by atoms with Crippen molar-refractivity contribution in [3.8, 4) is 33.8 Å². The molecule has 0 aliphatic carbocycles. The van der Waals surface area contributed by atoms with Crippen LogP contribution in [0.15, 0.2) is 54.7 Å². The minimum absolute atomic E-state index is 0.463. The summed E-state index contributed by atoms with van der Waals surface area (Å²) in [6.45, 7) is 17.4. The van der Waals surface area contributed by atoms with Gasteiger partial charge in [0.1, 0.15) is 0 Å².